The van der Waals surface area contributed by atoms with Crippen LogP contribution in [-0.2, 0) is 11.3 Å². The average Bonchev–Trinajstić information content (AvgIpc) is 3.13. The van der Waals surface area contributed by atoms with E-state index in [-0.39, 0.29) is 35.1 Å². The monoisotopic (exact) mass is 352 g/mol. The number of hydrogen-bond donors (Lipinski definition) is 1. The van der Waals surface area contributed by atoms with Crippen molar-refractivity contribution >= 4 is 22.6 Å². The van der Waals surface area contributed by atoms with Crippen molar-refractivity contribution in [1.29, 1.82) is 0 Å². The van der Waals surface area contributed by atoms with Gasteiger partial charge in [0.25, 0.3) is 5.78 Å². The van der Waals surface area contributed by atoms with Gasteiger partial charge in [-0.05, 0) is 25.8 Å². The number of para-hydroxylation sites is 1. The summed E-state index contributed by atoms with van der Waals surface area (Å²) in [6, 6.07) is 6.49. The van der Waals surface area contributed by atoms with E-state index in [0.29, 0.717) is 5.52 Å². The molecule has 0 atom stereocenters. The molecule has 1 saturated carbocycles. The predicted octanol–water partition coefficient (Wildman–Crippen LogP) is 3.75. The van der Waals surface area contributed by atoms with Crippen molar-refractivity contribution in [3.8, 4) is 0 Å². The zero-order valence-electron chi connectivity index (χ0n) is 13.8. The molecular formula is C18H19F3N2O2. The van der Waals surface area contributed by atoms with Crippen LogP contribution in [0.1, 0.15) is 41.7 Å². The summed E-state index contributed by atoms with van der Waals surface area (Å²) in [4.78, 5) is 24.1. The number of Topliss-reactive ketones (excluding diaryl/α,β-unsaturated/α-hetero) is 1. The highest BCUT2D eigenvalue weighted by Crippen LogP contribution is 2.31. The number of ketones is 1. The van der Waals surface area contributed by atoms with Gasteiger partial charge in [-0.1, -0.05) is 31.0 Å². The maximum atomic E-state index is 12.9. The van der Waals surface area contributed by atoms with Gasteiger partial charge in [-0.2, -0.15) is 13.2 Å². The molecule has 0 bridgehead atoms. The highest BCUT2D eigenvalue weighted by atomic mass is 19.4. The van der Waals surface area contributed by atoms with Crippen LogP contribution < -0.4 is 5.32 Å². The summed E-state index contributed by atoms with van der Waals surface area (Å²) in [5.74, 6) is -2.13. The molecule has 0 unspecified atom stereocenters. The van der Waals surface area contributed by atoms with Gasteiger partial charge in [0.1, 0.15) is 6.54 Å². The summed E-state index contributed by atoms with van der Waals surface area (Å²) in [5, 5.41) is 3.14. The van der Waals surface area contributed by atoms with Gasteiger partial charge >= 0.3 is 6.18 Å². The summed E-state index contributed by atoms with van der Waals surface area (Å²) >= 11 is 0. The van der Waals surface area contributed by atoms with Gasteiger partial charge < -0.3 is 9.88 Å². The van der Waals surface area contributed by atoms with E-state index in [2.05, 4.69) is 5.32 Å². The highest BCUT2D eigenvalue weighted by molar-refractivity contribution is 6.12. The largest absolute Gasteiger partial charge is 0.454 e. The van der Waals surface area contributed by atoms with Crippen molar-refractivity contribution in [1.82, 2.24) is 9.88 Å². The maximum Gasteiger partial charge on any atom is 0.454 e. The van der Waals surface area contributed by atoms with Gasteiger partial charge in [0.05, 0.1) is 5.56 Å². The predicted molar refractivity (Wildman–Crippen MR) is 87.5 cm³/mol. The minimum absolute atomic E-state index is 0.103. The molecular weight excluding hydrogens is 333 g/mol. The Kier molecular flexibility index (Phi) is 4.58. The number of rotatable bonds is 4. The second-order valence-electron chi connectivity index (χ2n) is 6.44. The van der Waals surface area contributed by atoms with Crippen molar-refractivity contribution in [2.24, 2.45) is 0 Å². The Morgan fingerprint density at radius 3 is 2.48 bits per heavy atom. The molecule has 1 aliphatic carbocycles. The SMILES string of the molecule is Cc1c(C(=O)C(F)(F)F)c2ccccc2n1CC(=O)NC1CCCC1. The van der Waals surface area contributed by atoms with Gasteiger partial charge in [0.15, 0.2) is 0 Å². The Balaban J connectivity index is 1.96. The van der Waals surface area contributed by atoms with Gasteiger partial charge in [0.2, 0.25) is 5.91 Å². The molecule has 1 fully saturated rings. The quantitative estimate of drug-likeness (QED) is 0.852. The van der Waals surface area contributed by atoms with E-state index >= 15 is 0 Å². The first-order valence-corrected chi connectivity index (χ1v) is 8.27. The number of fused-ring (bicyclic) bond motifs is 1. The Labute approximate surface area is 143 Å². The number of nitrogens with one attached hydrogen (secondary N) is 1. The second-order valence-corrected chi connectivity index (χ2v) is 6.44. The van der Waals surface area contributed by atoms with Crippen LogP contribution in [-0.4, -0.2) is 28.5 Å². The van der Waals surface area contributed by atoms with Gasteiger partial charge in [0, 0.05) is 22.6 Å². The Morgan fingerprint density at radius 1 is 1.20 bits per heavy atom. The zero-order valence-corrected chi connectivity index (χ0v) is 13.8. The van der Waals surface area contributed by atoms with Crippen molar-refractivity contribution in [3.63, 3.8) is 0 Å². The number of carbonyl (C=O) groups is 2. The van der Waals surface area contributed by atoms with Gasteiger partial charge in [-0.25, -0.2) is 0 Å². The molecule has 3 rings (SSSR count). The third kappa shape index (κ3) is 3.41. The van der Waals surface area contributed by atoms with Crippen LogP contribution >= 0.6 is 0 Å². The van der Waals surface area contributed by atoms with Crippen LogP contribution in [0.15, 0.2) is 24.3 Å². The molecule has 1 heterocycles. The minimum atomic E-state index is -4.95. The average molecular weight is 352 g/mol. The van der Waals surface area contributed by atoms with Crippen molar-refractivity contribution < 1.29 is 22.8 Å². The number of hydrogen-bond acceptors (Lipinski definition) is 2. The van der Waals surface area contributed by atoms with Gasteiger partial charge in [-0.3, -0.25) is 9.59 Å². The summed E-state index contributed by atoms with van der Waals surface area (Å²) in [5.41, 5.74) is 0.232. The molecule has 4 nitrogen and oxygen atoms in total. The molecule has 7 heteroatoms. The van der Waals surface area contributed by atoms with Crippen molar-refractivity contribution in [2.75, 3.05) is 0 Å². The molecule has 0 aliphatic heterocycles. The molecule has 1 aromatic carbocycles. The fraction of sp³-hybridized carbons (Fsp3) is 0.444. The third-order valence-corrected chi connectivity index (χ3v) is 4.74. The number of carbonyl (C=O) groups excluding carboxylic acids is 2. The summed E-state index contributed by atoms with van der Waals surface area (Å²) in [6.45, 7) is 1.34. The number of amides is 1. The van der Waals surface area contributed by atoms with E-state index in [9.17, 15) is 22.8 Å². The minimum Gasteiger partial charge on any atom is -0.352 e. The first-order chi connectivity index (χ1) is 11.8. The first kappa shape index (κ1) is 17.5. The lowest BCUT2D eigenvalue weighted by Crippen LogP contribution is -2.35. The summed E-state index contributed by atoms with van der Waals surface area (Å²) in [6.07, 6.45) is -0.961. The molecule has 0 radical (unpaired) electrons. The number of alkyl halides is 3. The number of benzene rings is 1. The summed E-state index contributed by atoms with van der Waals surface area (Å²) < 4.78 is 40.3. The Morgan fingerprint density at radius 2 is 1.84 bits per heavy atom. The number of nitrogens with zero attached hydrogens (tertiary/aromatic N) is 1. The topological polar surface area (TPSA) is 51.1 Å². The van der Waals surface area contributed by atoms with E-state index in [0.717, 1.165) is 25.7 Å². The van der Waals surface area contributed by atoms with E-state index < -0.39 is 12.0 Å². The van der Waals surface area contributed by atoms with Crippen LogP contribution in [0.2, 0.25) is 0 Å². The molecule has 25 heavy (non-hydrogen) atoms. The zero-order chi connectivity index (χ0) is 18.2. The first-order valence-electron chi connectivity index (χ1n) is 8.27. The standard InChI is InChI=1S/C18H19F3N2O2/c1-11-16(17(25)18(19,20)21)13-8-4-5-9-14(13)23(11)10-15(24)22-12-6-2-3-7-12/h4-5,8-9,12H,2-3,6-7,10H2,1H3,(H,22,24). The molecule has 0 spiro atoms. The van der Waals surface area contributed by atoms with Crippen molar-refractivity contribution in [3.05, 3.63) is 35.5 Å². The molecule has 0 saturated heterocycles. The molecule has 1 aromatic heterocycles. The molecule has 1 N–H and O–H groups in total. The van der Waals surface area contributed by atoms with Crippen LogP contribution in [0.4, 0.5) is 13.2 Å². The lowest BCUT2D eigenvalue weighted by molar-refractivity contribution is -0.122. The van der Waals surface area contributed by atoms with Crippen LogP contribution in [0.25, 0.3) is 10.9 Å². The van der Waals surface area contributed by atoms with E-state index in [4.69, 9.17) is 0 Å². The second kappa shape index (κ2) is 6.54. The normalized spacial score (nSPS) is 15.7. The van der Waals surface area contributed by atoms with Crippen LogP contribution in [0.5, 0.6) is 0 Å². The van der Waals surface area contributed by atoms with E-state index in [1.54, 1.807) is 18.2 Å². The Bertz CT molecular complexity index is 818. The number of aromatic nitrogens is 1. The van der Waals surface area contributed by atoms with Crippen molar-refractivity contribution in [2.45, 2.75) is 51.4 Å². The Hall–Kier alpha value is -2.31. The lowest BCUT2D eigenvalue weighted by Gasteiger charge is -2.14. The number of halogens is 3. The lowest BCUT2D eigenvalue weighted by atomic mass is 10.1. The molecule has 2 aromatic rings. The van der Waals surface area contributed by atoms with Crippen LogP contribution in [0, 0.1) is 6.92 Å². The smallest absolute Gasteiger partial charge is 0.352 e. The van der Waals surface area contributed by atoms with Gasteiger partial charge in [-0.15, -0.1) is 0 Å². The molecule has 1 aliphatic rings. The fourth-order valence-electron chi connectivity index (χ4n) is 3.55. The summed E-state index contributed by atoms with van der Waals surface area (Å²) in [7, 11) is 0. The third-order valence-electron chi connectivity index (χ3n) is 4.74. The molecule has 1 amide bonds. The van der Waals surface area contributed by atoms with Crippen LogP contribution in [0.3, 0.4) is 0 Å². The highest BCUT2D eigenvalue weighted by Gasteiger charge is 2.42. The van der Waals surface area contributed by atoms with E-state index in [1.807, 2.05) is 0 Å². The maximum absolute atomic E-state index is 12.9. The fourth-order valence-corrected chi connectivity index (χ4v) is 3.55. The molecule has 134 valence electrons. The van der Waals surface area contributed by atoms with E-state index in [1.165, 1.54) is 17.6 Å².